The maximum Gasteiger partial charge on any atom is 0.0866 e. The summed E-state index contributed by atoms with van der Waals surface area (Å²) in [4.78, 5) is 2.36. The molecule has 0 radical (unpaired) electrons. The average Bonchev–Trinajstić information content (AvgIpc) is 2.04. The zero-order valence-corrected chi connectivity index (χ0v) is 11.2. The molecule has 0 aromatic rings. The Labute approximate surface area is 93.0 Å². The van der Waals surface area contributed by atoms with Gasteiger partial charge in [-0.25, -0.2) is 0 Å². The van der Waals surface area contributed by atoms with Gasteiger partial charge in [0.2, 0.25) is 0 Å². The molecule has 14 heavy (non-hydrogen) atoms. The summed E-state index contributed by atoms with van der Waals surface area (Å²) in [6.07, 6.45) is 0. The molecule has 0 bridgehead atoms. The summed E-state index contributed by atoms with van der Waals surface area (Å²) in [5, 5.41) is 0. The molecule has 0 saturated heterocycles. The second-order valence-electron chi connectivity index (χ2n) is 3.49. The zero-order valence-electron chi connectivity index (χ0n) is 10.4. The minimum atomic E-state index is -0.250. The Kier molecular flexibility index (Phi) is 13.4. The molecule has 0 heterocycles. The van der Waals surface area contributed by atoms with Crippen molar-refractivity contribution in [1.82, 2.24) is 9.21 Å². The lowest BCUT2D eigenvalue weighted by atomic mass is 10.3. The van der Waals surface area contributed by atoms with Crippen LogP contribution in [0.3, 0.4) is 0 Å². The van der Waals surface area contributed by atoms with Crippen LogP contribution in [0.1, 0.15) is 20.8 Å². The lowest BCUT2D eigenvalue weighted by molar-refractivity contribution is 0.291. The van der Waals surface area contributed by atoms with Crippen molar-refractivity contribution in [2.45, 2.75) is 26.8 Å². The van der Waals surface area contributed by atoms with Gasteiger partial charge >= 0.3 is 0 Å². The van der Waals surface area contributed by atoms with Crippen molar-refractivity contribution in [2.75, 3.05) is 40.1 Å². The fourth-order valence-electron chi connectivity index (χ4n) is 0.626. The molecule has 0 amide bonds. The molecule has 0 rings (SSSR count). The van der Waals surface area contributed by atoms with Crippen molar-refractivity contribution in [3.8, 4) is 0 Å². The first kappa shape index (κ1) is 16.6. The van der Waals surface area contributed by atoms with Gasteiger partial charge in [0.05, 0.1) is 6.67 Å². The van der Waals surface area contributed by atoms with Crippen LogP contribution in [0.5, 0.6) is 0 Å². The van der Waals surface area contributed by atoms with Gasteiger partial charge in [0.1, 0.15) is 0 Å². The number of halogens is 1. The first-order valence-electron chi connectivity index (χ1n) is 5.02. The first-order chi connectivity index (χ1) is 6.45. The minimum absolute atomic E-state index is 0.250. The third-order valence-corrected chi connectivity index (χ3v) is 2.56. The summed E-state index contributed by atoms with van der Waals surface area (Å²) in [6.45, 7) is 6.82. The molecule has 0 aromatic heterocycles. The quantitative estimate of drug-likeness (QED) is 0.663. The number of hydrogen-bond donors (Lipinski definition) is 0. The third-order valence-electron chi connectivity index (χ3n) is 1.68. The smallest absolute Gasteiger partial charge is 0.0866 e. The zero-order chi connectivity index (χ0) is 11.6. The highest BCUT2D eigenvalue weighted by Crippen LogP contribution is 2.03. The Morgan fingerprint density at radius 1 is 1.21 bits per heavy atom. The van der Waals surface area contributed by atoms with Gasteiger partial charge in [-0.15, -0.1) is 0 Å². The topological polar surface area (TPSA) is 6.48 Å². The molecule has 0 unspecified atom stereocenters. The lowest BCUT2D eigenvalue weighted by Gasteiger charge is -2.21. The van der Waals surface area contributed by atoms with Crippen LogP contribution >= 0.6 is 11.9 Å². The van der Waals surface area contributed by atoms with E-state index in [9.17, 15) is 4.39 Å². The van der Waals surface area contributed by atoms with Crippen molar-refractivity contribution in [1.29, 1.82) is 0 Å². The second-order valence-corrected chi connectivity index (χ2v) is 4.88. The van der Waals surface area contributed by atoms with Crippen molar-refractivity contribution in [3.05, 3.63) is 0 Å². The van der Waals surface area contributed by atoms with E-state index in [1.165, 1.54) is 19.2 Å². The predicted octanol–water partition coefficient (Wildman–Crippen LogP) is 2.51. The minimum Gasteiger partial charge on any atom is -0.303 e. The lowest BCUT2D eigenvalue weighted by Crippen LogP contribution is -2.28. The predicted molar refractivity (Wildman–Crippen MR) is 65.6 cm³/mol. The van der Waals surface area contributed by atoms with Gasteiger partial charge in [0.25, 0.3) is 0 Å². The van der Waals surface area contributed by atoms with Crippen LogP contribution in [0.2, 0.25) is 0 Å². The Morgan fingerprint density at radius 2 is 1.64 bits per heavy atom. The molecule has 0 aliphatic heterocycles. The first-order valence-corrected chi connectivity index (χ1v) is 5.96. The highest BCUT2D eigenvalue weighted by Gasteiger charge is 2.01. The van der Waals surface area contributed by atoms with Crippen molar-refractivity contribution >= 4 is 11.9 Å². The van der Waals surface area contributed by atoms with Crippen molar-refractivity contribution < 1.29 is 4.39 Å². The summed E-state index contributed by atoms with van der Waals surface area (Å²) in [5.41, 5.74) is 0. The summed E-state index contributed by atoms with van der Waals surface area (Å²) >= 11 is 1.87. The van der Waals surface area contributed by atoms with E-state index in [0.29, 0.717) is 6.04 Å². The van der Waals surface area contributed by atoms with E-state index in [2.05, 4.69) is 44.2 Å². The second kappa shape index (κ2) is 11.3. The van der Waals surface area contributed by atoms with Crippen molar-refractivity contribution in [3.63, 3.8) is 0 Å². The van der Waals surface area contributed by atoms with Gasteiger partial charge in [-0.05, 0) is 41.9 Å². The van der Waals surface area contributed by atoms with E-state index < -0.39 is 0 Å². The molecule has 0 atom stereocenters. The largest absolute Gasteiger partial charge is 0.303 e. The summed E-state index contributed by atoms with van der Waals surface area (Å²) in [7, 11) is 6.33. The molecular formula is C10H25FN2S. The fraction of sp³-hybridized carbons (Fsp3) is 1.00. The maximum absolute atomic E-state index is 10.3. The molecular weight excluding hydrogens is 199 g/mol. The van der Waals surface area contributed by atoms with Crippen LogP contribution in [0, 0.1) is 0 Å². The summed E-state index contributed by atoms with van der Waals surface area (Å²) in [6, 6.07) is 0.665. The average molecular weight is 224 g/mol. The molecule has 0 aliphatic rings. The number of rotatable bonds is 5. The van der Waals surface area contributed by atoms with Gasteiger partial charge in [-0.1, -0.05) is 11.9 Å². The molecule has 0 fully saturated rings. The van der Waals surface area contributed by atoms with Crippen LogP contribution in [0.25, 0.3) is 0 Å². The van der Waals surface area contributed by atoms with Gasteiger partial charge in [0.15, 0.2) is 0 Å². The fourth-order valence-corrected chi connectivity index (χ4v) is 1.36. The van der Waals surface area contributed by atoms with Crippen molar-refractivity contribution in [2.24, 2.45) is 0 Å². The SMILES string of the molecule is CC(C)N(C)CCSN(C)C.CCF. The monoisotopic (exact) mass is 224 g/mol. The van der Waals surface area contributed by atoms with E-state index in [0.717, 1.165) is 0 Å². The Balaban J connectivity index is 0. The number of hydrogen-bond acceptors (Lipinski definition) is 3. The Hall–Kier alpha value is 0.200. The molecule has 0 spiro atoms. The van der Waals surface area contributed by atoms with Gasteiger partial charge in [0, 0.05) is 18.3 Å². The molecule has 0 aromatic carbocycles. The summed E-state index contributed by atoms with van der Waals surface area (Å²) < 4.78 is 12.4. The van der Waals surface area contributed by atoms with Crippen LogP contribution < -0.4 is 0 Å². The third kappa shape index (κ3) is 14.7. The Bertz CT molecular complexity index is 110. The van der Waals surface area contributed by atoms with Gasteiger partial charge in [-0.2, -0.15) is 0 Å². The molecule has 2 nitrogen and oxygen atoms in total. The van der Waals surface area contributed by atoms with Crippen LogP contribution in [-0.2, 0) is 0 Å². The van der Waals surface area contributed by atoms with E-state index in [-0.39, 0.29) is 6.67 Å². The van der Waals surface area contributed by atoms with E-state index in [4.69, 9.17) is 0 Å². The molecule has 0 N–H and O–H groups in total. The van der Waals surface area contributed by atoms with E-state index >= 15 is 0 Å². The van der Waals surface area contributed by atoms with Crippen LogP contribution in [-0.4, -0.2) is 55.4 Å². The number of alkyl halides is 1. The normalized spacial score (nSPS) is 10.7. The molecule has 88 valence electrons. The number of nitrogens with zero attached hydrogens (tertiary/aromatic N) is 2. The summed E-state index contributed by atoms with van der Waals surface area (Å²) in [5.74, 6) is 1.18. The van der Waals surface area contributed by atoms with Gasteiger partial charge in [-0.3, -0.25) is 8.70 Å². The van der Waals surface area contributed by atoms with E-state index in [1.807, 2.05) is 11.9 Å². The maximum atomic E-state index is 10.3. The van der Waals surface area contributed by atoms with Gasteiger partial charge < -0.3 is 4.90 Å². The standard InChI is InChI=1S/C8H20N2S.C2H5F/c1-8(2)10(5)6-7-11-9(3)4;1-2-3/h8H,6-7H2,1-5H3;2H2,1H3. The van der Waals surface area contributed by atoms with E-state index in [1.54, 1.807) is 0 Å². The van der Waals surface area contributed by atoms with Crippen LogP contribution in [0.15, 0.2) is 0 Å². The highest BCUT2D eigenvalue weighted by molar-refractivity contribution is 7.96. The molecule has 0 aliphatic carbocycles. The van der Waals surface area contributed by atoms with Crippen LogP contribution in [0.4, 0.5) is 4.39 Å². The molecule has 4 heteroatoms. The highest BCUT2D eigenvalue weighted by atomic mass is 32.2. The molecule has 0 saturated carbocycles. The Morgan fingerprint density at radius 3 is 1.93 bits per heavy atom.